The van der Waals surface area contributed by atoms with Gasteiger partial charge in [-0.05, 0) is 54.4 Å². The maximum absolute atomic E-state index is 13.1. The lowest BCUT2D eigenvalue weighted by atomic mass is 10.1. The van der Waals surface area contributed by atoms with Gasteiger partial charge in [0.05, 0.1) is 26.0 Å². The first-order valence-electron chi connectivity index (χ1n) is 8.86. The fourth-order valence-corrected chi connectivity index (χ4v) is 3.93. The van der Waals surface area contributed by atoms with Crippen molar-refractivity contribution < 1.29 is 27.2 Å². The van der Waals surface area contributed by atoms with Gasteiger partial charge in [-0.25, -0.2) is 4.39 Å². The Balaban J connectivity index is 1.64. The highest BCUT2D eigenvalue weighted by atomic mass is 35.5. The van der Waals surface area contributed by atoms with Crippen LogP contribution in [0.25, 0.3) is 0 Å². The summed E-state index contributed by atoms with van der Waals surface area (Å²) in [6.07, 6.45) is -4.42. The molecule has 0 spiro atoms. The Morgan fingerprint density at radius 3 is 2.32 bits per heavy atom. The van der Waals surface area contributed by atoms with Gasteiger partial charge in [0.1, 0.15) is 5.82 Å². The summed E-state index contributed by atoms with van der Waals surface area (Å²) in [5.41, 5.74) is 0.436. The van der Waals surface area contributed by atoms with Gasteiger partial charge in [-0.15, -0.1) is 11.3 Å². The van der Waals surface area contributed by atoms with Crippen LogP contribution in [0.5, 0.6) is 0 Å². The van der Waals surface area contributed by atoms with E-state index in [0.717, 1.165) is 35.6 Å². The van der Waals surface area contributed by atoms with Gasteiger partial charge in [-0.3, -0.25) is 9.59 Å². The molecule has 2 amide bonds. The summed E-state index contributed by atoms with van der Waals surface area (Å²) in [5.74, 6) is -1.55. The van der Waals surface area contributed by atoms with E-state index in [4.69, 9.17) is 11.6 Å². The van der Waals surface area contributed by atoms with Crippen molar-refractivity contribution in [1.29, 1.82) is 0 Å². The molecule has 1 heterocycles. The lowest BCUT2D eigenvalue weighted by molar-refractivity contribution is -0.137. The van der Waals surface area contributed by atoms with Gasteiger partial charge < -0.3 is 10.6 Å². The van der Waals surface area contributed by atoms with Crippen molar-refractivity contribution in [2.24, 2.45) is 0 Å². The second-order valence-corrected chi connectivity index (χ2v) is 8.04. The molecule has 0 aliphatic carbocycles. The summed E-state index contributed by atoms with van der Waals surface area (Å²) < 4.78 is 51.0. The van der Waals surface area contributed by atoms with Crippen LogP contribution in [0.2, 0.25) is 5.02 Å². The van der Waals surface area contributed by atoms with Crippen molar-refractivity contribution in [3.05, 3.63) is 86.5 Å². The molecule has 3 aromatic rings. The highest BCUT2D eigenvalue weighted by molar-refractivity contribution is 7.18. The molecule has 31 heavy (non-hydrogen) atoms. The third kappa shape index (κ3) is 5.62. The molecule has 0 aliphatic rings. The van der Waals surface area contributed by atoms with E-state index in [1.54, 1.807) is 13.0 Å². The van der Waals surface area contributed by atoms with E-state index in [-0.39, 0.29) is 17.1 Å². The third-order valence-corrected chi connectivity index (χ3v) is 5.73. The fourth-order valence-electron chi connectivity index (χ4n) is 2.70. The minimum atomic E-state index is -4.42. The van der Waals surface area contributed by atoms with E-state index in [2.05, 4.69) is 10.6 Å². The second kappa shape index (κ2) is 9.07. The number of alkyl halides is 3. The number of aryl methyl sites for hydroxylation is 1. The molecule has 4 nitrogen and oxygen atoms in total. The van der Waals surface area contributed by atoms with Crippen LogP contribution in [0.4, 0.5) is 22.6 Å². The summed E-state index contributed by atoms with van der Waals surface area (Å²) in [6.45, 7) is 1.73. The zero-order valence-corrected chi connectivity index (χ0v) is 17.5. The molecular formula is C21H15ClF4N2O2S. The molecule has 0 atom stereocenters. The van der Waals surface area contributed by atoms with E-state index >= 15 is 0 Å². The number of anilines is 1. The normalized spacial score (nSPS) is 11.3. The molecule has 2 aromatic carbocycles. The van der Waals surface area contributed by atoms with E-state index in [0.29, 0.717) is 21.0 Å². The van der Waals surface area contributed by atoms with Crippen LogP contribution >= 0.6 is 22.9 Å². The number of hydrogen-bond donors (Lipinski definition) is 2. The van der Waals surface area contributed by atoms with Crippen LogP contribution in [0.1, 0.15) is 36.7 Å². The third-order valence-electron chi connectivity index (χ3n) is 4.27. The lowest BCUT2D eigenvalue weighted by Gasteiger charge is -2.08. The van der Waals surface area contributed by atoms with Crippen LogP contribution in [0.15, 0.2) is 48.5 Å². The number of thiophene rings is 1. The largest absolute Gasteiger partial charge is 0.416 e. The molecule has 0 bridgehead atoms. The minimum Gasteiger partial charge on any atom is -0.347 e. The van der Waals surface area contributed by atoms with Gasteiger partial charge in [-0.2, -0.15) is 13.2 Å². The predicted octanol–water partition coefficient (Wildman–Crippen LogP) is 6.05. The Bertz CT molecular complexity index is 1130. The number of carbonyl (C=O) groups excluding carboxylic acids is 2. The number of hydrogen-bond acceptors (Lipinski definition) is 3. The van der Waals surface area contributed by atoms with Gasteiger partial charge in [-0.1, -0.05) is 23.7 Å². The summed E-state index contributed by atoms with van der Waals surface area (Å²) in [5, 5.41) is 5.61. The quantitative estimate of drug-likeness (QED) is 0.446. The van der Waals surface area contributed by atoms with Gasteiger partial charge in [0, 0.05) is 6.54 Å². The van der Waals surface area contributed by atoms with E-state index in [1.807, 2.05) is 0 Å². The Morgan fingerprint density at radius 2 is 1.71 bits per heavy atom. The van der Waals surface area contributed by atoms with Crippen molar-refractivity contribution in [3.63, 3.8) is 0 Å². The molecule has 3 rings (SSSR count). The van der Waals surface area contributed by atoms with Gasteiger partial charge in [0.15, 0.2) is 0 Å². The molecule has 10 heteroatoms. The molecular weight excluding hydrogens is 456 g/mol. The monoisotopic (exact) mass is 470 g/mol. The number of nitrogens with one attached hydrogen (secondary N) is 2. The maximum atomic E-state index is 13.1. The number of halogens is 5. The van der Waals surface area contributed by atoms with Crippen molar-refractivity contribution in [3.8, 4) is 0 Å². The fraction of sp³-hybridized carbons (Fsp3) is 0.143. The predicted molar refractivity (Wildman–Crippen MR) is 111 cm³/mol. The molecule has 162 valence electrons. The average molecular weight is 471 g/mol. The molecule has 0 saturated heterocycles. The number of amides is 2. The Kier molecular flexibility index (Phi) is 6.66. The van der Waals surface area contributed by atoms with Crippen molar-refractivity contribution in [2.45, 2.75) is 19.6 Å². The van der Waals surface area contributed by atoms with Crippen LogP contribution in [0, 0.1) is 12.7 Å². The number of carbonyl (C=O) groups is 2. The number of rotatable bonds is 5. The zero-order valence-electron chi connectivity index (χ0n) is 15.9. The zero-order chi connectivity index (χ0) is 22.8. The number of benzene rings is 2. The minimum absolute atomic E-state index is 0.0414. The highest BCUT2D eigenvalue weighted by Gasteiger charge is 2.29. The Labute approximate surface area is 183 Å². The average Bonchev–Trinajstić information content (AvgIpc) is 3.05. The van der Waals surface area contributed by atoms with Crippen LogP contribution < -0.4 is 10.6 Å². The smallest absolute Gasteiger partial charge is 0.347 e. The first-order valence-corrected chi connectivity index (χ1v) is 10.0. The van der Waals surface area contributed by atoms with Crippen molar-refractivity contribution in [2.75, 3.05) is 5.32 Å². The van der Waals surface area contributed by atoms with Crippen molar-refractivity contribution >= 4 is 39.8 Å². The molecule has 0 saturated carbocycles. The molecule has 1 aromatic heterocycles. The summed E-state index contributed by atoms with van der Waals surface area (Å²) in [7, 11) is 0. The topological polar surface area (TPSA) is 58.2 Å². The first kappa shape index (κ1) is 22.8. The molecule has 0 fully saturated rings. The molecule has 0 unspecified atom stereocenters. The standard InChI is InChI=1S/C21H15ClF4N2O2S/c1-11-8-17(28-19(29)15-7-6-14(23)9-16(15)22)31-18(11)20(30)27-10-12-2-4-13(5-3-12)21(24,25)26/h2-9H,10H2,1H3,(H,27,30)(H,28,29). The molecule has 0 aliphatic heterocycles. The van der Waals surface area contributed by atoms with E-state index in [9.17, 15) is 27.2 Å². The van der Waals surface area contributed by atoms with Gasteiger partial charge in [0.2, 0.25) is 0 Å². The van der Waals surface area contributed by atoms with E-state index in [1.165, 1.54) is 18.2 Å². The van der Waals surface area contributed by atoms with Crippen LogP contribution in [-0.4, -0.2) is 11.8 Å². The van der Waals surface area contributed by atoms with Crippen LogP contribution in [0.3, 0.4) is 0 Å². The van der Waals surface area contributed by atoms with Gasteiger partial charge in [0.25, 0.3) is 11.8 Å². The second-order valence-electron chi connectivity index (χ2n) is 6.58. The first-order chi connectivity index (χ1) is 14.5. The SMILES string of the molecule is Cc1cc(NC(=O)c2ccc(F)cc2Cl)sc1C(=O)NCc1ccc(C(F)(F)F)cc1. The molecule has 0 radical (unpaired) electrons. The van der Waals surface area contributed by atoms with Crippen molar-refractivity contribution in [1.82, 2.24) is 5.32 Å². The van der Waals surface area contributed by atoms with E-state index < -0.39 is 29.4 Å². The Morgan fingerprint density at radius 1 is 1.03 bits per heavy atom. The lowest BCUT2D eigenvalue weighted by Crippen LogP contribution is -2.22. The summed E-state index contributed by atoms with van der Waals surface area (Å²) in [6, 6.07) is 9.48. The summed E-state index contributed by atoms with van der Waals surface area (Å²) in [4.78, 5) is 25.2. The van der Waals surface area contributed by atoms with Crippen LogP contribution in [-0.2, 0) is 12.7 Å². The Hall–Kier alpha value is -2.91. The highest BCUT2D eigenvalue weighted by Crippen LogP contribution is 2.30. The van der Waals surface area contributed by atoms with Gasteiger partial charge >= 0.3 is 6.18 Å². The summed E-state index contributed by atoms with van der Waals surface area (Å²) >= 11 is 6.92. The maximum Gasteiger partial charge on any atom is 0.416 e. The molecule has 2 N–H and O–H groups in total.